The van der Waals surface area contributed by atoms with Crippen LogP contribution in [0.15, 0.2) is 33.6 Å². The normalized spacial score (nSPS) is 10.2. The summed E-state index contributed by atoms with van der Waals surface area (Å²) in [5.41, 5.74) is 0. The molecule has 0 aromatic heterocycles. The predicted octanol–water partition coefficient (Wildman–Crippen LogP) is 3.80. The fourth-order valence-corrected chi connectivity index (χ4v) is 2.70. The minimum Gasteiger partial charge on any atom is -0.481 e. The van der Waals surface area contributed by atoms with E-state index in [0.29, 0.717) is 0 Å². The Balaban J connectivity index is 2.21. The van der Waals surface area contributed by atoms with Crippen molar-refractivity contribution in [2.75, 3.05) is 5.75 Å². The molecule has 0 aliphatic rings. The van der Waals surface area contributed by atoms with Crippen LogP contribution < -0.4 is 0 Å². The van der Waals surface area contributed by atoms with Crippen molar-refractivity contribution in [1.29, 1.82) is 0 Å². The van der Waals surface area contributed by atoms with Crippen molar-refractivity contribution in [3.8, 4) is 0 Å². The topological polar surface area (TPSA) is 37.3 Å². The zero-order valence-corrected chi connectivity index (χ0v) is 10.7. The first-order valence-corrected chi connectivity index (χ1v) is 6.57. The third-order valence-corrected chi connectivity index (χ3v) is 3.99. The van der Waals surface area contributed by atoms with Gasteiger partial charge in [0.05, 0.1) is 0 Å². The lowest BCUT2D eigenvalue weighted by atomic mass is 10.2. The molecule has 0 aliphatic carbocycles. The summed E-state index contributed by atoms with van der Waals surface area (Å²) in [5, 5.41) is 8.46. The quantitative estimate of drug-likeness (QED) is 0.639. The van der Waals surface area contributed by atoms with E-state index >= 15 is 0 Å². The maximum absolute atomic E-state index is 10.3. The molecular formula is C11H13BrO2S. The lowest BCUT2D eigenvalue weighted by Crippen LogP contribution is -1.94. The molecule has 0 heterocycles. The molecule has 0 aliphatic heterocycles. The molecule has 0 atom stereocenters. The number of unbranched alkanes of at least 4 members (excludes halogenated alkanes) is 1. The van der Waals surface area contributed by atoms with E-state index in [9.17, 15) is 4.79 Å². The summed E-state index contributed by atoms with van der Waals surface area (Å²) in [6, 6.07) is 8.06. The molecule has 1 rings (SSSR count). The van der Waals surface area contributed by atoms with Crippen LogP contribution in [0.5, 0.6) is 0 Å². The molecule has 0 saturated carbocycles. The van der Waals surface area contributed by atoms with Crippen molar-refractivity contribution in [3.63, 3.8) is 0 Å². The molecule has 1 aromatic rings. The molecule has 0 radical (unpaired) electrons. The number of thioether (sulfide) groups is 1. The summed E-state index contributed by atoms with van der Waals surface area (Å²) >= 11 is 5.23. The molecule has 4 heteroatoms. The highest BCUT2D eigenvalue weighted by atomic mass is 79.9. The summed E-state index contributed by atoms with van der Waals surface area (Å²) in [4.78, 5) is 11.5. The van der Waals surface area contributed by atoms with Gasteiger partial charge in [-0.05, 0) is 46.7 Å². The number of hydrogen-bond donors (Lipinski definition) is 1. The average molecular weight is 289 g/mol. The highest BCUT2D eigenvalue weighted by Gasteiger charge is 2.00. The Bertz CT molecular complexity index is 328. The highest BCUT2D eigenvalue weighted by Crippen LogP contribution is 2.27. The summed E-state index contributed by atoms with van der Waals surface area (Å²) in [6.45, 7) is 0. The second kappa shape index (κ2) is 6.90. The Morgan fingerprint density at radius 3 is 2.73 bits per heavy atom. The second-order valence-electron chi connectivity index (χ2n) is 3.13. The van der Waals surface area contributed by atoms with Crippen LogP contribution in [0.1, 0.15) is 19.3 Å². The van der Waals surface area contributed by atoms with Gasteiger partial charge in [-0.2, -0.15) is 0 Å². The van der Waals surface area contributed by atoms with E-state index in [4.69, 9.17) is 5.11 Å². The van der Waals surface area contributed by atoms with E-state index in [1.54, 1.807) is 11.8 Å². The summed E-state index contributed by atoms with van der Waals surface area (Å²) in [6.07, 6.45) is 1.97. The van der Waals surface area contributed by atoms with Gasteiger partial charge >= 0.3 is 5.97 Å². The summed E-state index contributed by atoms with van der Waals surface area (Å²) in [5.74, 6) is 0.261. The van der Waals surface area contributed by atoms with Crippen molar-refractivity contribution in [1.82, 2.24) is 0 Å². The lowest BCUT2D eigenvalue weighted by Gasteiger charge is -2.02. The minimum absolute atomic E-state index is 0.274. The summed E-state index contributed by atoms with van der Waals surface area (Å²) < 4.78 is 1.10. The van der Waals surface area contributed by atoms with Crippen LogP contribution in [0.3, 0.4) is 0 Å². The molecule has 0 spiro atoms. The predicted molar refractivity (Wildman–Crippen MR) is 66.4 cm³/mol. The van der Waals surface area contributed by atoms with Crippen LogP contribution in [0, 0.1) is 0 Å². The monoisotopic (exact) mass is 288 g/mol. The van der Waals surface area contributed by atoms with Crippen molar-refractivity contribution < 1.29 is 9.90 Å². The molecule has 1 aromatic carbocycles. The number of hydrogen-bond acceptors (Lipinski definition) is 2. The largest absolute Gasteiger partial charge is 0.481 e. The van der Waals surface area contributed by atoms with E-state index in [1.807, 2.05) is 18.2 Å². The van der Waals surface area contributed by atoms with Gasteiger partial charge < -0.3 is 5.11 Å². The highest BCUT2D eigenvalue weighted by molar-refractivity contribution is 9.10. The van der Waals surface area contributed by atoms with Crippen LogP contribution in [-0.4, -0.2) is 16.8 Å². The zero-order valence-electron chi connectivity index (χ0n) is 8.28. The number of halogens is 1. The van der Waals surface area contributed by atoms with Crippen molar-refractivity contribution >= 4 is 33.7 Å². The van der Waals surface area contributed by atoms with E-state index in [2.05, 4.69) is 22.0 Å². The van der Waals surface area contributed by atoms with Gasteiger partial charge in [-0.3, -0.25) is 4.79 Å². The molecule has 0 unspecified atom stereocenters. The Morgan fingerprint density at radius 2 is 2.07 bits per heavy atom. The molecule has 2 nitrogen and oxygen atoms in total. The number of benzene rings is 1. The van der Waals surface area contributed by atoms with Crippen LogP contribution in [0.25, 0.3) is 0 Å². The molecule has 0 saturated heterocycles. The molecule has 1 N–H and O–H groups in total. The first-order valence-electron chi connectivity index (χ1n) is 4.79. The Labute approximate surface area is 102 Å². The standard InChI is InChI=1S/C11H13BrO2S/c12-9-5-1-2-6-10(9)15-8-4-3-7-11(13)14/h1-2,5-6H,3-4,7-8H2,(H,13,14). The van der Waals surface area contributed by atoms with Gasteiger partial charge in [0, 0.05) is 15.8 Å². The third-order valence-electron chi connectivity index (χ3n) is 1.88. The minimum atomic E-state index is -0.708. The summed E-state index contributed by atoms with van der Waals surface area (Å²) in [7, 11) is 0. The second-order valence-corrected chi connectivity index (χ2v) is 5.12. The van der Waals surface area contributed by atoms with Gasteiger partial charge in [-0.15, -0.1) is 11.8 Å². The van der Waals surface area contributed by atoms with Gasteiger partial charge in [-0.25, -0.2) is 0 Å². The smallest absolute Gasteiger partial charge is 0.303 e. The maximum Gasteiger partial charge on any atom is 0.303 e. The Kier molecular flexibility index (Phi) is 5.79. The van der Waals surface area contributed by atoms with Crippen LogP contribution in [0.2, 0.25) is 0 Å². The number of carboxylic acids is 1. The number of rotatable bonds is 6. The average Bonchev–Trinajstić information content (AvgIpc) is 2.20. The zero-order chi connectivity index (χ0) is 11.1. The molecule has 82 valence electrons. The van der Waals surface area contributed by atoms with E-state index in [0.717, 1.165) is 23.1 Å². The molecule has 0 amide bonds. The van der Waals surface area contributed by atoms with Crippen LogP contribution in [-0.2, 0) is 4.79 Å². The number of carboxylic acid groups (broad SMARTS) is 1. The van der Waals surface area contributed by atoms with Gasteiger partial charge in [0.15, 0.2) is 0 Å². The third kappa shape index (κ3) is 5.23. The lowest BCUT2D eigenvalue weighted by molar-refractivity contribution is -0.137. The van der Waals surface area contributed by atoms with Crippen molar-refractivity contribution in [2.24, 2.45) is 0 Å². The fraction of sp³-hybridized carbons (Fsp3) is 0.364. The fourth-order valence-electron chi connectivity index (χ4n) is 1.12. The van der Waals surface area contributed by atoms with Gasteiger partial charge in [-0.1, -0.05) is 12.1 Å². The van der Waals surface area contributed by atoms with E-state index < -0.39 is 5.97 Å². The van der Waals surface area contributed by atoms with Crippen LogP contribution >= 0.6 is 27.7 Å². The first-order chi connectivity index (χ1) is 7.20. The SMILES string of the molecule is O=C(O)CCCCSc1ccccc1Br. The molecular weight excluding hydrogens is 276 g/mol. The van der Waals surface area contributed by atoms with Gasteiger partial charge in [0.1, 0.15) is 0 Å². The first kappa shape index (κ1) is 12.6. The van der Waals surface area contributed by atoms with Crippen molar-refractivity contribution in [2.45, 2.75) is 24.2 Å². The number of aliphatic carboxylic acids is 1. The van der Waals surface area contributed by atoms with E-state index in [-0.39, 0.29) is 6.42 Å². The maximum atomic E-state index is 10.3. The van der Waals surface area contributed by atoms with Crippen molar-refractivity contribution in [3.05, 3.63) is 28.7 Å². The van der Waals surface area contributed by atoms with Crippen LogP contribution in [0.4, 0.5) is 0 Å². The van der Waals surface area contributed by atoms with Gasteiger partial charge in [0.25, 0.3) is 0 Å². The Morgan fingerprint density at radius 1 is 1.33 bits per heavy atom. The molecule has 0 fully saturated rings. The Hall–Kier alpha value is -0.480. The van der Waals surface area contributed by atoms with Gasteiger partial charge in [0.2, 0.25) is 0 Å². The molecule has 15 heavy (non-hydrogen) atoms. The van der Waals surface area contributed by atoms with E-state index in [1.165, 1.54) is 4.90 Å². The number of carbonyl (C=O) groups is 1. The molecule has 0 bridgehead atoms.